The first-order chi connectivity index (χ1) is 16.4. The zero-order chi connectivity index (χ0) is 24.7. The van der Waals surface area contributed by atoms with E-state index in [2.05, 4.69) is 21.0 Å². The van der Waals surface area contributed by atoms with E-state index >= 15 is 0 Å². The Morgan fingerprint density at radius 3 is 2.65 bits per heavy atom. The van der Waals surface area contributed by atoms with Gasteiger partial charge in [0.2, 0.25) is 12.4 Å². The molecule has 0 aliphatic rings. The number of benzene rings is 2. The number of anilines is 2. The van der Waals surface area contributed by atoms with Crippen LogP contribution < -0.4 is 11.1 Å². The van der Waals surface area contributed by atoms with Gasteiger partial charge in [-0.3, -0.25) is 4.79 Å². The molecule has 1 unspecified atom stereocenters. The number of amides is 1. The Morgan fingerprint density at radius 2 is 1.97 bits per heavy atom. The lowest BCUT2D eigenvalue weighted by Gasteiger charge is -2.14. The number of carbonyl (C=O) groups is 1. The Kier molecular flexibility index (Phi) is 8.59. The van der Waals surface area contributed by atoms with E-state index in [0.29, 0.717) is 22.5 Å². The molecular weight excluding hydrogens is 480 g/mol. The summed E-state index contributed by atoms with van der Waals surface area (Å²) in [4.78, 5) is 17.5. The van der Waals surface area contributed by atoms with Crippen molar-refractivity contribution in [2.75, 3.05) is 11.9 Å². The van der Waals surface area contributed by atoms with Crippen LogP contribution in [0.4, 0.5) is 16.0 Å². The fourth-order valence-corrected chi connectivity index (χ4v) is 3.76. The number of rotatable bonds is 6. The lowest BCUT2D eigenvalue weighted by molar-refractivity contribution is -0.106. The Balaban J connectivity index is 0.00000103. The third-order valence-electron chi connectivity index (χ3n) is 4.92. The Morgan fingerprint density at radius 1 is 1.21 bits per heavy atom. The molecule has 2 heterocycles. The molecule has 4 N–H and O–H groups in total. The second-order valence-corrected chi connectivity index (χ2v) is 8.07. The van der Waals surface area contributed by atoms with Crippen molar-refractivity contribution in [1.82, 2.24) is 14.5 Å². The number of hydrogen-bond acceptors (Lipinski definition) is 5. The van der Waals surface area contributed by atoms with Crippen LogP contribution in [0.5, 0.6) is 0 Å². The van der Waals surface area contributed by atoms with Crippen molar-refractivity contribution in [3.63, 3.8) is 0 Å². The van der Waals surface area contributed by atoms with E-state index in [1.54, 1.807) is 12.3 Å². The summed E-state index contributed by atoms with van der Waals surface area (Å²) in [6.07, 6.45) is 5.75. The molecule has 1 amide bonds. The third kappa shape index (κ3) is 6.11. The van der Waals surface area contributed by atoms with Gasteiger partial charge >= 0.3 is 0 Å². The predicted molar refractivity (Wildman–Crippen MR) is 131 cm³/mol. The van der Waals surface area contributed by atoms with Crippen LogP contribution in [0.15, 0.2) is 67.1 Å². The molecule has 0 spiro atoms. The Hall–Kier alpha value is -3.46. The molecule has 2 aromatic carbocycles. The first kappa shape index (κ1) is 25.2. The second-order valence-electron chi connectivity index (χ2n) is 7.23. The number of aliphatic hydroxyl groups excluding tert-OH is 1. The van der Waals surface area contributed by atoms with Gasteiger partial charge in [-0.05, 0) is 54.4 Å². The van der Waals surface area contributed by atoms with Crippen LogP contribution in [0.2, 0.25) is 10.0 Å². The molecule has 0 bridgehead atoms. The molecule has 0 radical (unpaired) electrons. The van der Waals surface area contributed by atoms with E-state index in [9.17, 15) is 9.50 Å². The van der Waals surface area contributed by atoms with Gasteiger partial charge in [0.15, 0.2) is 0 Å². The van der Waals surface area contributed by atoms with Gasteiger partial charge in [-0.2, -0.15) is 4.98 Å². The Labute approximate surface area is 206 Å². The standard InChI is InChI=1S/C23H19Cl2FN4O.CH3NO/c1-14-11-27-23(28-21-6-5-18(26)10-20(21)25)29-22(14)30-8-7-16(12-30)19(13-31)15-3-2-4-17(24)9-15;2-1-3/h2-12,19,31H,13H2,1H3,(H,27,28,29);1H,(H2,2,3). The van der Waals surface area contributed by atoms with Crippen LogP contribution in [0.3, 0.4) is 0 Å². The zero-order valence-corrected chi connectivity index (χ0v) is 19.6. The zero-order valence-electron chi connectivity index (χ0n) is 18.1. The minimum Gasteiger partial charge on any atom is -0.395 e. The molecular formula is C24H22Cl2FN5O2. The number of nitrogens with two attached hydrogens (primary N) is 1. The van der Waals surface area contributed by atoms with Crippen molar-refractivity contribution in [3.8, 4) is 5.82 Å². The molecule has 4 aromatic rings. The first-order valence-corrected chi connectivity index (χ1v) is 10.9. The van der Waals surface area contributed by atoms with Crippen LogP contribution in [0, 0.1) is 12.7 Å². The first-order valence-electron chi connectivity index (χ1n) is 10.1. The van der Waals surface area contributed by atoms with E-state index < -0.39 is 5.82 Å². The van der Waals surface area contributed by atoms with Crippen molar-refractivity contribution in [2.45, 2.75) is 12.8 Å². The molecule has 0 saturated heterocycles. The van der Waals surface area contributed by atoms with Crippen molar-refractivity contribution in [2.24, 2.45) is 5.73 Å². The summed E-state index contributed by atoms with van der Waals surface area (Å²) in [6.45, 7) is 1.85. The van der Waals surface area contributed by atoms with Crippen molar-refractivity contribution in [3.05, 3.63) is 99.7 Å². The number of carbonyl (C=O) groups excluding carboxylic acids is 1. The van der Waals surface area contributed by atoms with Gasteiger partial charge in [0, 0.05) is 35.1 Å². The molecule has 2 aromatic heterocycles. The smallest absolute Gasteiger partial charge is 0.229 e. The van der Waals surface area contributed by atoms with Crippen molar-refractivity contribution < 1.29 is 14.3 Å². The van der Waals surface area contributed by atoms with Crippen LogP contribution >= 0.6 is 23.2 Å². The van der Waals surface area contributed by atoms with Crippen LogP contribution in [0.25, 0.3) is 5.82 Å². The van der Waals surface area contributed by atoms with Crippen LogP contribution in [-0.4, -0.2) is 32.7 Å². The fraction of sp³-hybridized carbons (Fsp3) is 0.125. The van der Waals surface area contributed by atoms with Gasteiger partial charge in [-0.1, -0.05) is 35.3 Å². The highest BCUT2D eigenvalue weighted by atomic mass is 35.5. The molecule has 0 fully saturated rings. The lowest BCUT2D eigenvalue weighted by atomic mass is 9.94. The van der Waals surface area contributed by atoms with Crippen molar-refractivity contribution in [1.29, 1.82) is 0 Å². The number of nitrogens with one attached hydrogen (secondary N) is 1. The maximum Gasteiger partial charge on any atom is 0.229 e. The summed E-state index contributed by atoms with van der Waals surface area (Å²) >= 11 is 12.2. The maximum atomic E-state index is 13.3. The molecule has 10 heteroatoms. The topological polar surface area (TPSA) is 106 Å². The van der Waals surface area contributed by atoms with E-state index in [1.807, 2.05) is 48.1 Å². The number of nitrogens with zero attached hydrogens (tertiary/aromatic N) is 3. The fourth-order valence-electron chi connectivity index (χ4n) is 3.34. The van der Waals surface area contributed by atoms with Gasteiger partial charge in [0.1, 0.15) is 11.6 Å². The number of hydrogen-bond donors (Lipinski definition) is 3. The highest BCUT2D eigenvalue weighted by Crippen LogP contribution is 2.29. The number of aliphatic hydroxyl groups is 1. The second kappa shape index (κ2) is 11.6. The van der Waals surface area contributed by atoms with Gasteiger partial charge in [-0.15, -0.1) is 0 Å². The van der Waals surface area contributed by atoms with Gasteiger partial charge < -0.3 is 20.7 Å². The summed E-state index contributed by atoms with van der Waals surface area (Å²) < 4.78 is 15.2. The van der Waals surface area contributed by atoms with E-state index in [-0.39, 0.29) is 24.0 Å². The normalized spacial score (nSPS) is 11.3. The average Bonchev–Trinajstić information content (AvgIpc) is 3.27. The van der Waals surface area contributed by atoms with Crippen LogP contribution in [0.1, 0.15) is 22.6 Å². The van der Waals surface area contributed by atoms with Gasteiger partial charge in [-0.25, -0.2) is 9.37 Å². The summed E-state index contributed by atoms with van der Waals surface area (Å²) in [5, 5.41) is 13.9. The molecule has 4 rings (SSSR count). The number of halogens is 3. The number of aromatic nitrogens is 3. The summed E-state index contributed by atoms with van der Waals surface area (Å²) in [7, 11) is 0. The van der Waals surface area contributed by atoms with E-state index in [4.69, 9.17) is 28.0 Å². The third-order valence-corrected chi connectivity index (χ3v) is 5.47. The van der Waals surface area contributed by atoms with Crippen molar-refractivity contribution >= 4 is 41.2 Å². The summed E-state index contributed by atoms with van der Waals surface area (Å²) in [5.41, 5.74) is 7.40. The number of aryl methyl sites for hydroxylation is 1. The summed E-state index contributed by atoms with van der Waals surface area (Å²) in [5.74, 6) is 0.375. The molecule has 1 atom stereocenters. The van der Waals surface area contributed by atoms with E-state index in [1.165, 1.54) is 18.2 Å². The average molecular weight is 502 g/mol. The van der Waals surface area contributed by atoms with E-state index in [0.717, 1.165) is 16.7 Å². The van der Waals surface area contributed by atoms with Gasteiger partial charge in [0.25, 0.3) is 0 Å². The molecule has 0 aliphatic heterocycles. The Bertz CT molecular complexity index is 1280. The molecule has 7 nitrogen and oxygen atoms in total. The maximum absolute atomic E-state index is 13.3. The minimum absolute atomic E-state index is 0.0526. The highest BCUT2D eigenvalue weighted by Gasteiger charge is 2.16. The molecule has 0 saturated carbocycles. The molecule has 176 valence electrons. The summed E-state index contributed by atoms with van der Waals surface area (Å²) in [6, 6.07) is 13.5. The van der Waals surface area contributed by atoms with Crippen LogP contribution in [-0.2, 0) is 4.79 Å². The monoisotopic (exact) mass is 501 g/mol. The lowest BCUT2D eigenvalue weighted by Crippen LogP contribution is -2.06. The highest BCUT2D eigenvalue weighted by molar-refractivity contribution is 6.33. The molecule has 0 aliphatic carbocycles. The minimum atomic E-state index is -0.418. The number of primary amides is 1. The molecule has 34 heavy (non-hydrogen) atoms. The quantitative estimate of drug-likeness (QED) is 0.322. The van der Waals surface area contributed by atoms with Gasteiger partial charge in [0.05, 0.1) is 17.3 Å². The SMILES string of the molecule is Cc1cnc(Nc2ccc(F)cc2Cl)nc1-n1ccc(C(CO)c2cccc(Cl)c2)c1.NC=O. The largest absolute Gasteiger partial charge is 0.395 e. The predicted octanol–water partition coefficient (Wildman–Crippen LogP) is 4.99.